The van der Waals surface area contributed by atoms with Gasteiger partial charge in [0.2, 0.25) is 0 Å². The molecule has 2 aromatic heterocycles. The molecule has 0 radical (unpaired) electrons. The van der Waals surface area contributed by atoms with Crippen LogP contribution in [0.15, 0.2) is 55.0 Å². The predicted molar refractivity (Wildman–Crippen MR) is 102 cm³/mol. The van der Waals surface area contributed by atoms with Gasteiger partial charge in [0.15, 0.2) is 17.6 Å². The molecule has 1 N–H and O–H groups in total. The molecule has 1 amide bonds. The summed E-state index contributed by atoms with van der Waals surface area (Å²) in [5.41, 5.74) is 2.99. The van der Waals surface area contributed by atoms with Crippen LogP contribution in [-0.2, 0) is 4.79 Å². The summed E-state index contributed by atoms with van der Waals surface area (Å²) in [7, 11) is 0. The second-order valence-corrected chi connectivity index (χ2v) is 6.87. The maximum atomic E-state index is 11.9. The van der Waals surface area contributed by atoms with Crippen molar-refractivity contribution in [3.05, 3.63) is 56.5 Å². The van der Waals surface area contributed by atoms with Gasteiger partial charge >= 0.3 is 0 Å². The minimum Gasteiger partial charge on any atom is -0.480 e. The summed E-state index contributed by atoms with van der Waals surface area (Å²) < 4.78 is 12.3. The van der Waals surface area contributed by atoms with Crippen molar-refractivity contribution in [3.63, 3.8) is 0 Å². The third kappa shape index (κ3) is 4.39. The zero-order valence-electron chi connectivity index (χ0n) is 12.5. The summed E-state index contributed by atoms with van der Waals surface area (Å²) in [6, 6.07) is 8.79. The normalized spacial score (nSPS) is 11.2. The molecule has 3 aromatic rings. The number of furan rings is 1. The van der Waals surface area contributed by atoms with E-state index < -0.39 is 5.91 Å². The van der Waals surface area contributed by atoms with Crippen LogP contribution in [0.25, 0.3) is 10.9 Å². The molecule has 3 rings (SSSR count). The predicted octanol–water partition coefficient (Wildman–Crippen LogP) is 4.54. The number of rotatable bonds is 5. The number of aromatic nitrogens is 1. The van der Waals surface area contributed by atoms with Gasteiger partial charge in [0.05, 0.1) is 10.7 Å². The van der Waals surface area contributed by atoms with Gasteiger partial charge in [0, 0.05) is 16.1 Å². The number of ether oxygens (including phenoxy) is 1. The van der Waals surface area contributed by atoms with Crippen LogP contribution in [0.1, 0.15) is 5.76 Å². The van der Waals surface area contributed by atoms with Gasteiger partial charge in [-0.2, -0.15) is 5.10 Å². The summed E-state index contributed by atoms with van der Waals surface area (Å²) >= 11 is 12.5. The molecule has 0 fully saturated rings. The second kappa shape index (κ2) is 7.99. The molecular weight excluding hydrogens is 477 g/mol. The number of hydrogen-bond donors (Lipinski definition) is 1. The lowest BCUT2D eigenvalue weighted by molar-refractivity contribution is -0.123. The number of benzene rings is 1. The van der Waals surface area contributed by atoms with Crippen LogP contribution in [0.3, 0.4) is 0 Å². The van der Waals surface area contributed by atoms with Crippen molar-refractivity contribution < 1.29 is 13.9 Å². The highest BCUT2D eigenvalue weighted by Gasteiger charge is 2.13. The van der Waals surface area contributed by atoms with E-state index in [9.17, 15) is 4.79 Å². The van der Waals surface area contributed by atoms with Crippen molar-refractivity contribution in [1.29, 1.82) is 0 Å². The molecule has 2 heterocycles. The van der Waals surface area contributed by atoms with Crippen LogP contribution >= 0.6 is 43.5 Å². The van der Waals surface area contributed by atoms with Crippen molar-refractivity contribution >= 4 is 66.5 Å². The lowest BCUT2D eigenvalue weighted by Gasteiger charge is -2.11. The summed E-state index contributed by atoms with van der Waals surface area (Å²) in [6.07, 6.45) is 3.00. The van der Waals surface area contributed by atoms with Crippen LogP contribution < -0.4 is 10.2 Å². The molecule has 6 nitrogen and oxygen atoms in total. The Kier molecular flexibility index (Phi) is 5.72. The molecule has 1 aromatic carbocycles. The van der Waals surface area contributed by atoms with Crippen molar-refractivity contribution in [3.8, 4) is 5.75 Å². The van der Waals surface area contributed by atoms with Crippen molar-refractivity contribution in [2.75, 3.05) is 6.61 Å². The first-order chi connectivity index (χ1) is 12.0. The van der Waals surface area contributed by atoms with Gasteiger partial charge in [-0.25, -0.2) is 5.43 Å². The number of carbonyl (C=O) groups is 1. The largest absolute Gasteiger partial charge is 0.480 e. The number of hydrazone groups is 1. The van der Waals surface area contributed by atoms with E-state index in [0.29, 0.717) is 21.5 Å². The fraction of sp³-hybridized carbons (Fsp3) is 0.0625. The van der Waals surface area contributed by atoms with Crippen LogP contribution in [0, 0.1) is 0 Å². The van der Waals surface area contributed by atoms with E-state index in [1.807, 2.05) is 18.2 Å². The van der Waals surface area contributed by atoms with E-state index in [0.717, 1.165) is 9.86 Å². The Morgan fingerprint density at radius 2 is 2.20 bits per heavy atom. The molecule has 0 spiro atoms. The zero-order chi connectivity index (χ0) is 17.8. The van der Waals surface area contributed by atoms with E-state index in [-0.39, 0.29) is 11.8 Å². The molecule has 0 aliphatic carbocycles. The molecule has 0 aliphatic rings. The fourth-order valence-electron chi connectivity index (χ4n) is 2.02. The Labute approximate surface area is 164 Å². The lowest BCUT2D eigenvalue weighted by atomic mass is 10.2. The van der Waals surface area contributed by atoms with Crippen LogP contribution in [-0.4, -0.2) is 23.7 Å². The summed E-state index contributed by atoms with van der Waals surface area (Å²) in [6.45, 7) is -0.220. The monoisotopic (exact) mass is 485 g/mol. The molecule has 9 heteroatoms. The number of nitrogens with one attached hydrogen (secondary N) is 1. The molecule has 128 valence electrons. The first-order valence-corrected chi connectivity index (χ1v) is 8.94. The number of amides is 1. The van der Waals surface area contributed by atoms with Crippen LogP contribution in [0.2, 0.25) is 5.22 Å². The van der Waals surface area contributed by atoms with Crippen LogP contribution in [0.4, 0.5) is 0 Å². The van der Waals surface area contributed by atoms with E-state index in [4.69, 9.17) is 20.8 Å². The number of halogens is 3. The summed E-state index contributed by atoms with van der Waals surface area (Å²) in [4.78, 5) is 16.2. The minimum absolute atomic E-state index is 0.220. The SMILES string of the molecule is O=C(COc1c(Br)cc(Br)c2cccnc12)NN=Cc1ccc(Cl)o1. The number of pyridine rings is 1. The van der Waals surface area contributed by atoms with Gasteiger partial charge in [-0.1, -0.05) is 22.0 Å². The highest BCUT2D eigenvalue weighted by atomic mass is 79.9. The van der Waals surface area contributed by atoms with E-state index in [1.165, 1.54) is 6.21 Å². The highest BCUT2D eigenvalue weighted by molar-refractivity contribution is 9.11. The van der Waals surface area contributed by atoms with Gasteiger partial charge in [-0.05, 0) is 51.8 Å². The molecule has 25 heavy (non-hydrogen) atoms. The highest BCUT2D eigenvalue weighted by Crippen LogP contribution is 2.37. The van der Waals surface area contributed by atoms with Gasteiger partial charge in [0.25, 0.3) is 5.91 Å². The quantitative estimate of drug-likeness (QED) is 0.424. The maximum Gasteiger partial charge on any atom is 0.277 e. The topological polar surface area (TPSA) is 76.7 Å². The molecule has 0 saturated heterocycles. The molecule has 0 saturated carbocycles. The van der Waals surface area contributed by atoms with E-state index in [1.54, 1.807) is 18.3 Å². The lowest BCUT2D eigenvalue weighted by Crippen LogP contribution is -2.24. The Morgan fingerprint density at radius 3 is 2.96 bits per heavy atom. The molecule has 0 unspecified atom stereocenters. The van der Waals surface area contributed by atoms with Gasteiger partial charge in [0.1, 0.15) is 11.3 Å². The van der Waals surface area contributed by atoms with Gasteiger partial charge in [-0.3, -0.25) is 9.78 Å². The number of carbonyl (C=O) groups excluding carboxylic acids is 1. The fourth-order valence-corrected chi connectivity index (χ4v) is 3.56. The maximum absolute atomic E-state index is 11.9. The second-order valence-electron chi connectivity index (χ2n) is 4.79. The average Bonchev–Trinajstić information content (AvgIpc) is 3.00. The number of fused-ring (bicyclic) bond motifs is 1. The Bertz CT molecular complexity index is 959. The third-order valence-corrected chi connectivity index (χ3v) is 4.52. The molecular formula is C16H10Br2ClN3O3. The van der Waals surface area contributed by atoms with Crippen molar-refractivity contribution in [1.82, 2.24) is 10.4 Å². The van der Waals surface area contributed by atoms with Crippen molar-refractivity contribution in [2.24, 2.45) is 5.10 Å². The minimum atomic E-state index is -0.423. The van der Waals surface area contributed by atoms with E-state index in [2.05, 4.69) is 47.4 Å². The number of hydrogen-bond acceptors (Lipinski definition) is 5. The number of nitrogens with zero attached hydrogens (tertiary/aromatic N) is 2. The standard InChI is InChI=1S/C16H10Br2ClN3O3/c17-11-6-12(18)16(15-10(11)2-1-5-20-15)24-8-14(23)22-21-7-9-3-4-13(19)25-9/h1-7H,8H2,(H,22,23). The molecule has 0 aliphatic heterocycles. The van der Waals surface area contributed by atoms with Gasteiger partial charge in [-0.15, -0.1) is 0 Å². The Balaban J connectivity index is 1.66. The summed E-state index contributed by atoms with van der Waals surface area (Å²) in [5.74, 6) is 0.487. The summed E-state index contributed by atoms with van der Waals surface area (Å²) in [5, 5.41) is 4.90. The third-order valence-electron chi connectivity index (χ3n) is 3.07. The first kappa shape index (κ1) is 17.9. The molecule has 0 bridgehead atoms. The van der Waals surface area contributed by atoms with E-state index >= 15 is 0 Å². The smallest absolute Gasteiger partial charge is 0.277 e. The first-order valence-electron chi connectivity index (χ1n) is 6.97. The Morgan fingerprint density at radius 1 is 1.36 bits per heavy atom. The average molecular weight is 488 g/mol. The Hall–Kier alpha value is -1.90. The van der Waals surface area contributed by atoms with Crippen LogP contribution in [0.5, 0.6) is 5.75 Å². The van der Waals surface area contributed by atoms with Crippen molar-refractivity contribution in [2.45, 2.75) is 0 Å². The molecule has 0 atom stereocenters. The zero-order valence-corrected chi connectivity index (χ0v) is 16.4. The van der Waals surface area contributed by atoms with Gasteiger partial charge < -0.3 is 9.15 Å².